The van der Waals surface area contributed by atoms with Crippen LogP contribution in [-0.2, 0) is 10.4 Å². The number of para-hydroxylation sites is 1. The molecule has 30 heavy (non-hydrogen) atoms. The molecule has 2 N–H and O–H groups in total. The number of amides is 1. The Labute approximate surface area is 175 Å². The van der Waals surface area contributed by atoms with E-state index in [1.165, 1.54) is 13.8 Å². The van der Waals surface area contributed by atoms with E-state index in [4.69, 9.17) is 9.47 Å². The monoisotopic (exact) mass is 413 g/mol. The first-order valence-electron chi connectivity index (χ1n) is 9.84. The van der Waals surface area contributed by atoms with Crippen molar-refractivity contribution in [2.24, 2.45) is 0 Å². The minimum Gasteiger partial charge on any atom is -0.497 e. The fourth-order valence-corrected chi connectivity index (χ4v) is 3.52. The predicted octanol–water partition coefficient (Wildman–Crippen LogP) is 3.06. The van der Waals surface area contributed by atoms with Crippen LogP contribution in [0.15, 0.2) is 48.5 Å². The van der Waals surface area contributed by atoms with E-state index in [0.717, 1.165) is 0 Å². The van der Waals surface area contributed by atoms with Gasteiger partial charge in [0.15, 0.2) is 5.60 Å². The minimum absolute atomic E-state index is 0.101. The molecule has 0 radical (unpaired) electrons. The normalized spacial score (nSPS) is 16.1. The van der Waals surface area contributed by atoms with Gasteiger partial charge in [0.05, 0.1) is 12.7 Å². The molecule has 7 heteroatoms. The van der Waals surface area contributed by atoms with Crippen molar-refractivity contribution in [3.8, 4) is 11.5 Å². The van der Waals surface area contributed by atoms with Crippen LogP contribution >= 0.6 is 0 Å². The van der Waals surface area contributed by atoms with Crippen LogP contribution in [0.5, 0.6) is 11.5 Å². The van der Waals surface area contributed by atoms with Crippen molar-refractivity contribution in [3.05, 3.63) is 59.7 Å². The number of aliphatic carboxylic acids is 1. The Balaban J connectivity index is 1.74. The van der Waals surface area contributed by atoms with Gasteiger partial charge < -0.3 is 24.6 Å². The highest BCUT2D eigenvalue weighted by atomic mass is 16.5. The molecule has 1 aliphatic heterocycles. The maximum Gasteiger partial charge on any atom is 0.347 e. The third-order valence-corrected chi connectivity index (χ3v) is 5.48. The van der Waals surface area contributed by atoms with Crippen molar-refractivity contribution in [2.45, 2.75) is 37.9 Å². The molecular formula is C23H27NO6. The van der Waals surface area contributed by atoms with Crippen molar-refractivity contribution in [1.82, 2.24) is 4.90 Å². The van der Waals surface area contributed by atoms with Gasteiger partial charge in [0.25, 0.3) is 5.91 Å². The van der Waals surface area contributed by atoms with Crippen LogP contribution in [0.3, 0.4) is 0 Å². The molecule has 0 spiro atoms. The zero-order chi connectivity index (χ0) is 21.9. The standard InChI is InChI=1S/C23H27NO6/c1-22(2,21(26)27)30-19-7-5-4-6-18(19)23(28)12-14-24(15-13-23)20(25)16-8-10-17(29-3)11-9-16/h4-11,28H,12-15H2,1-3H3,(H,26,27). The molecule has 0 aromatic heterocycles. The second kappa shape index (κ2) is 8.36. The molecule has 1 fully saturated rings. The van der Waals surface area contributed by atoms with Gasteiger partial charge in [-0.2, -0.15) is 0 Å². The van der Waals surface area contributed by atoms with Gasteiger partial charge in [0.1, 0.15) is 11.5 Å². The molecule has 160 valence electrons. The molecule has 1 saturated heterocycles. The molecule has 1 amide bonds. The van der Waals surface area contributed by atoms with Gasteiger partial charge in [-0.3, -0.25) is 4.79 Å². The lowest BCUT2D eigenvalue weighted by Gasteiger charge is -2.39. The number of piperidine rings is 1. The van der Waals surface area contributed by atoms with Gasteiger partial charge in [0, 0.05) is 24.2 Å². The quantitative estimate of drug-likeness (QED) is 0.756. The molecule has 3 rings (SSSR count). The van der Waals surface area contributed by atoms with Gasteiger partial charge in [-0.15, -0.1) is 0 Å². The van der Waals surface area contributed by atoms with Crippen LogP contribution in [0, 0.1) is 0 Å². The number of carboxylic acid groups (broad SMARTS) is 1. The van der Waals surface area contributed by atoms with E-state index in [1.807, 2.05) is 0 Å². The summed E-state index contributed by atoms with van der Waals surface area (Å²) in [6.07, 6.45) is 0.644. The van der Waals surface area contributed by atoms with Gasteiger partial charge in [-0.05, 0) is 57.0 Å². The van der Waals surface area contributed by atoms with Gasteiger partial charge in [0.2, 0.25) is 0 Å². The third kappa shape index (κ3) is 4.41. The summed E-state index contributed by atoms with van der Waals surface area (Å²) in [5.41, 5.74) is -1.54. The molecule has 2 aromatic rings. The number of rotatable bonds is 6. The molecule has 0 bridgehead atoms. The Morgan fingerprint density at radius 1 is 1.03 bits per heavy atom. The predicted molar refractivity (Wildman–Crippen MR) is 111 cm³/mol. The van der Waals surface area contributed by atoms with Crippen molar-refractivity contribution in [3.63, 3.8) is 0 Å². The fraction of sp³-hybridized carbons (Fsp3) is 0.391. The summed E-state index contributed by atoms with van der Waals surface area (Å²) >= 11 is 0. The van der Waals surface area contributed by atoms with Crippen LogP contribution in [0.1, 0.15) is 42.6 Å². The number of carboxylic acids is 1. The summed E-state index contributed by atoms with van der Waals surface area (Å²) in [7, 11) is 1.57. The first-order chi connectivity index (χ1) is 14.2. The number of methoxy groups -OCH3 is 1. The number of aliphatic hydroxyl groups is 1. The number of ether oxygens (including phenoxy) is 2. The summed E-state index contributed by atoms with van der Waals surface area (Å²) in [5, 5.41) is 20.7. The Bertz CT molecular complexity index is 914. The Morgan fingerprint density at radius 3 is 2.20 bits per heavy atom. The number of likely N-dealkylation sites (tertiary alicyclic amines) is 1. The van der Waals surface area contributed by atoms with Crippen molar-refractivity contribution in [2.75, 3.05) is 20.2 Å². The smallest absolute Gasteiger partial charge is 0.347 e. The number of nitrogens with zero attached hydrogens (tertiary/aromatic N) is 1. The SMILES string of the molecule is COc1ccc(C(=O)N2CCC(O)(c3ccccc3OC(C)(C)C(=O)O)CC2)cc1. The number of carbonyl (C=O) groups is 2. The zero-order valence-corrected chi connectivity index (χ0v) is 17.4. The van der Waals surface area contributed by atoms with Crippen LogP contribution in [0.4, 0.5) is 0 Å². The summed E-state index contributed by atoms with van der Waals surface area (Å²) in [6.45, 7) is 3.68. The Morgan fingerprint density at radius 2 is 1.63 bits per heavy atom. The van der Waals surface area contributed by atoms with Gasteiger partial charge in [-0.25, -0.2) is 4.79 Å². The second-order valence-electron chi connectivity index (χ2n) is 7.97. The first-order valence-corrected chi connectivity index (χ1v) is 9.84. The van der Waals surface area contributed by atoms with Crippen molar-refractivity contribution in [1.29, 1.82) is 0 Å². The van der Waals surface area contributed by atoms with Crippen molar-refractivity contribution >= 4 is 11.9 Å². The molecule has 0 unspecified atom stereocenters. The highest BCUT2D eigenvalue weighted by Crippen LogP contribution is 2.39. The molecule has 0 aliphatic carbocycles. The van der Waals surface area contributed by atoms with E-state index >= 15 is 0 Å². The van der Waals surface area contributed by atoms with Crippen molar-refractivity contribution < 1.29 is 29.3 Å². The average Bonchev–Trinajstić information content (AvgIpc) is 2.74. The molecule has 0 atom stereocenters. The minimum atomic E-state index is -1.43. The lowest BCUT2D eigenvalue weighted by atomic mass is 9.83. The molecule has 1 aliphatic rings. The van der Waals surface area contributed by atoms with Crippen LogP contribution in [-0.4, -0.2) is 52.8 Å². The molecule has 0 saturated carbocycles. The van der Waals surface area contributed by atoms with Crippen LogP contribution in [0.25, 0.3) is 0 Å². The Kier molecular flexibility index (Phi) is 6.03. The number of hydrogen-bond donors (Lipinski definition) is 2. The second-order valence-corrected chi connectivity index (χ2v) is 7.97. The van der Waals surface area contributed by atoms with E-state index < -0.39 is 17.2 Å². The average molecular weight is 413 g/mol. The summed E-state index contributed by atoms with van der Waals surface area (Å²) < 4.78 is 10.9. The Hall–Kier alpha value is -3.06. The van der Waals surface area contributed by atoms with E-state index in [1.54, 1.807) is 60.5 Å². The third-order valence-electron chi connectivity index (χ3n) is 5.48. The topological polar surface area (TPSA) is 96.3 Å². The summed E-state index contributed by atoms with van der Waals surface area (Å²) in [4.78, 5) is 25.9. The highest BCUT2D eigenvalue weighted by Gasteiger charge is 2.39. The van der Waals surface area contributed by atoms with Gasteiger partial charge in [-0.1, -0.05) is 18.2 Å². The zero-order valence-electron chi connectivity index (χ0n) is 17.4. The molecule has 1 heterocycles. The van der Waals surface area contributed by atoms with E-state index in [9.17, 15) is 19.8 Å². The summed E-state index contributed by atoms with van der Waals surface area (Å²) in [5.74, 6) is -0.178. The van der Waals surface area contributed by atoms with Crippen LogP contribution in [0.2, 0.25) is 0 Å². The lowest BCUT2D eigenvalue weighted by molar-refractivity contribution is -0.152. The number of benzene rings is 2. The number of hydrogen-bond acceptors (Lipinski definition) is 5. The number of carbonyl (C=O) groups excluding carboxylic acids is 1. The van der Waals surface area contributed by atoms with E-state index in [2.05, 4.69) is 0 Å². The van der Waals surface area contributed by atoms with E-state index in [0.29, 0.717) is 48.6 Å². The van der Waals surface area contributed by atoms with E-state index in [-0.39, 0.29) is 5.91 Å². The summed E-state index contributed by atoms with van der Waals surface area (Å²) in [6, 6.07) is 13.8. The lowest BCUT2D eigenvalue weighted by Crippen LogP contribution is -2.46. The maximum atomic E-state index is 12.8. The van der Waals surface area contributed by atoms with Gasteiger partial charge >= 0.3 is 5.97 Å². The fourth-order valence-electron chi connectivity index (χ4n) is 3.52. The molecule has 2 aromatic carbocycles. The molecule has 7 nitrogen and oxygen atoms in total. The highest BCUT2D eigenvalue weighted by molar-refractivity contribution is 5.94. The largest absolute Gasteiger partial charge is 0.497 e. The first kappa shape index (κ1) is 21.6. The maximum absolute atomic E-state index is 12.8. The molecular weight excluding hydrogens is 386 g/mol. The van der Waals surface area contributed by atoms with Crippen LogP contribution < -0.4 is 9.47 Å².